The molecule has 2 rings (SSSR count). The molecule has 90 valence electrons. The summed E-state index contributed by atoms with van der Waals surface area (Å²) in [5.74, 6) is 0.725. The standard InChI is InChI=1S/C12H13Cl2N3/c1-12(2,3)17-11-6-15-9-4-7(13)8(14)5-10(9)16-11/h4-6H,1-3H3,(H,16,17). The molecule has 0 amide bonds. The maximum absolute atomic E-state index is 5.95. The fraction of sp³-hybridized carbons (Fsp3) is 0.333. The van der Waals surface area contributed by atoms with Gasteiger partial charge in [-0.1, -0.05) is 23.2 Å². The van der Waals surface area contributed by atoms with Crippen LogP contribution >= 0.6 is 23.2 Å². The van der Waals surface area contributed by atoms with Crippen LogP contribution in [0.25, 0.3) is 11.0 Å². The average Bonchev–Trinajstić information content (AvgIpc) is 2.18. The second-order valence-electron chi connectivity index (χ2n) is 4.89. The molecule has 1 aromatic heterocycles. The van der Waals surface area contributed by atoms with Crippen molar-refractivity contribution in [1.29, 1.82) is 0 Å². The largest absolute Gasteiger partial charge is 0.364 e. The number of nitrogens with zero attached hydrogens (tertiary/aromatic N) is 2. The number of aromatic nitrogens is 2. The first-order valence-corrected chi connectivity index (χ1v) is 6.01. The van der Waals surface area contributed by atoms with Crippen LogP contribution in [0, 0.1) is 0 Å². The molecule has 0 aliphatic heterocycles. The number of anilines is 1. The van der Waals surface area contributed by atoms with E-state index in [-0.39, 0.29) is 5.54 Å². The van der Waals surface area contributed by atoms with Crippen LogP contribution in [0.5, 0.6) is 0 Å². The normalized spacial score (nSPS) is 11.8. The van der Waals surface area contributed by atoms with Gasteiger partial charge in [0, 0.05) is 5.54 Å². The van der Waals surface area contributed by atoms with Crippen molar-refractivity contribution in [2.24, 2.45) is 0 Å². The Morgan fingerprint density at radius 3 is 2.24 bits per heavy atom. The van der Waals surface area contributed by atoms with E-state index in [0.29, 0.717) is 10.0 Å². The highest BCUT2D eigenvalue weighted by atomic mass is 35.5. The van der Waals surface area contributed by atoms with Crippen LogP contribution in [-0.4, -0.2) is 15.5 Å². The third-order valence-corrected chi connectivity index (χ3v) is 2.81. The highest BCUT2D eigenvalue weighted by Crippen LogP contribution is 2.26. The van der Waals surface area contributed by atoms with E-state index in [2.05, 4.69) is 36.1 Å². The molecule has 0 aliphatic rings. The summed E-state index contributed by atoms with van der Waals surface area (Å²) in [7, 11) is 0. The predicted molar refractivity (Wildman–Crippen MR) is 72.9 cm³/mol. The molecule has 0 spiro atoms. The highest BCUT2D eigenvalue weighted by molar-refractivity contribution is 6.42. The smallest absolute Gasteiger partial charge is 0.145 e. The van der Waals surface area contributed by atoms with E-state index in [1.807, 2.05) is 0 Å². The lowest BCUT2D eigenvalue weighted by Crippen LogP contribution is -2.26. The van der Waals surface area contributed by atoms with E-state index in [9.17, 15) is 0 Å². The van der Waals surface area contributed by atoms with Gasteiger partial charge in [0.2, 0.25) is 0 Å². The molecule has 17 heavy (non-hydrogen) atoms. The minimum absolute atomic E-state index is 0.0570. The molecule has 3 nitrogen and oxygen atoms in total. The lowest BCUT2D eigenvalue weighted by molar-refractivity contribution is 0.630. The van der Waals surface area contributed by atoms with Gasteiger partial charge in [-0.3, -0.25) is 4.98 Å². The van der Waals surface area contributed by atoms with E-state index in [1.165, 1.54) is 0 Å². The molecule has 0 saturated heterocycles. The first kappa shape index (κ1) is 12.4. The number of halogens is 2. The zero-order valence-electron chi connectivity index (χ0n) is 9.88. The Morgan fingerprint density at radius 1 is 1.06 bits per heavy atom. The Hall–Kier alpha value is -1.06. The van der Waals surface area contributed by atoms with Crippen LogP contribution in [0.4, 0.5) is 5.82 Å². The van der Waals surface area contributed by atoms with Crippen molar-refractivity contribution < 1.29 is 0 Å². The summed E-state index contributed by atoms with van der Waals surface area (Å²) < 4.78 is 0. The Balaban J connectivity index is 2.47. The zero-order chi connectivity index (χ0) is 12.6. The summed E-state index contributed by atoms with van der Waals surface area (Å²) in [6, 6.07) is 3.44. The van der Waals surface area contributed by atoms with E-state index in [1.54, 1.807) is 18.3 Å². The molecule has 0 bridgehead atoms. The first-order valence-electron chi connectivity index (χ1n) is 5.25. The number of hydrogen-bond donors (Lipinski definition) is 1. The first-order chi connectivity index (χ1) is 7.85. The van der Waals surface area contributed by atoms with Crippen LogP contribution in [-0.2, 0) is 0 Å². The molecule has 1 aromatic carbocycles. The monoisotopic (exact) mass is 269 g/mol. The second kappa shape index (κ2) is 4.31. The molecule has 0 radical (unpaired) electrons. The predicted octanol–water partition coefficient (Wildman–Crippen LogP) is 4.15. The van der Waals surface area contributed by atoms with Gasteiger partial charge in [-0.2, -0.15) is 0 Å². The van der Waals surface area contributed by atoms with E-state index < -0.39 is 0 Å². The SMILES string of the molecule is CC(C)(C)Nc1cnc2cc(Cl)c(Cl)cc2n1. The molecule has 0 aliphatic carbocycles. The lowest BCUT2D eigenvalue weighted by Gasteiger charge is -2.21. The summed E-state index contributed by atoms with van der Waals surface area (Å²) in [6.07, 6.45) is 1.69. The summed E-state index contributed by atoms with van der Waals surface area (Å²) in [5, 5.41) is 4.24. The van der Waals surface area contributed by atoms with Crippen LogP contribution in [0.2, 0.25) is 10.0 Å². The van der Waals surface area contributed by atoms with Gasteiger partial charge in [-0.05, 0) is 32.9 Å². The number of hydrogen-bond acceptors (Lipinski definition) is 3. The Bertz CT molecular complexity index is 561. The number of benzene rings is 1. The van der Waals surface area contributed by atoms with Crippen molar-refractivity contribution in [3.8, 4) is 0 Å². The third-order valence-electron chi connectivity index (χ3n) is 2.09. The average molecular weight is 270 g/mol. The quantitative estimate of drug-likeness (QED) is 0.845. The topological polar surface area (TPSA) is 37.8 Å². The van der Waals surface area contributed by atoms with Gasteiger partial charge in [0.1, 0.15) is 5.82 Å². The van der Waals surface area contributed by atoms with Crippen molar-refractivity contribution in [3.63, 3.8) is 0 Å². The summed E-state index contributed by atoms with van der Waals surface area (Å²) >= 11 is 11.9. The molecule has 0 saturated carbocycles. The van der Waals surface area contributed by atoms with Crippen molar-refractivity contribution in [2.45, 2.75) is 26.3 Å². The van der Waals surface area contributed by atoms with Gasteiger partial charge in [0.25, 0.3) is 0 Å². The van der Waals surface area contributed by atoms with Gasteiger partial charge in [0.15, 0.2) is 0 Å². The van der Waals surface area contributed by atoms with Crippen molar-refractivity contribution in [3.05, 3.63) is 28.4 Å². The van der Waals surface area contributed by atoms with Gasteiger partial charge in [-0.25, -0.2) is 4.98 Å². The third kappa shape index (κ3) is 2.99. The fourth-order valence-corrected chi connectivity index (χ4v) is 1.77. The second-order valence-corrected chi connectivity index (χ2v) is 5.70. The molecule has 0 unspecified atom stereocenters. The Labute approximate surface area is 110 Å². The van der Waals surface area contributed by atoms with Gasteiger partial charge in [-0.15, -0.1) is 0 Å². The maximum Gasteiger partial charge on any atom is 0.145 e. The van der Waals surface area contributed by atoms with Crippen molar-refractivity contribution >= 4 is 40.1 Å². The molecular formula is C12H13Cl2N3. The molecule has 5 heteroatoms. The summed E-state index contributed by atoms with van der Waals surface area (Å²) in [6.45, 7) is 6.19. The molecule has 0 atom stereocenters. The van der Waals surface area contributed by atoms with Gasteiger partial charge >= 0.3 is 0 Å². The molecular weight excluding hydrogens is 257 g/mol. The van der Waals surface area contributed by atoms with E-state index in [4.69, 9.17) is 23.2 Å². The maximum atomic E-state index is 5.95. The summed E-state index contributed by atoms with van der Waals surface area (Å²) in [5.41, 5.74) is 1.41. The van der Waals surface area contributed by atoms with Gasteiger partial charge < -0.3 is 5.32 Å². The molecule has 2 aromatic rings. The number of nitrogens with one attached hydrogen (secondary N) is 1. The molecule has 1 heterocycles. The number of fused-ring (bicyclic) bond motifs is 1. The highest BCUT2D eigenvalue weighted by Gasteiger charge is 2.11. The minimum atomic E-state index is -0.0570. The zero-order valence-corrected chi connectivity index (χ0v) is 11.4. The Kier molecular flexibility index (Phi) is 3.15. The molecule has 1 N–H and O–H groups in total. The fourth-order valence-electron chi connectivity index (χ4n) is 1.45. The minimum Gasteiger partial charge on any atom is -0.364 e. The van der Waals surface area contributed by atoms with Crippen LogP contribution in [0.3, 0.4) is 0 Å². The summed E-state index contributed by atoms with van der Waals surface area (Å²) in [4.78, 5) is 8.75. The number of rotatable bonds is 1. The van der Waals surface area contributed by atoms with Crippen LogP contribution in [0.15, 0.2) is 18.3 Å². The molecule has 0 fully saturated rings. The van der Waals surface area contributed by atoms with Crippen LogP contribution < -0.4 is 5.32 Å². The lowest BCUT2D eigenvalue weighted by atomic mass is 10.1. The van der Waals surface area contributed by atoms with Crippen molar-refractivity contribution in [2.75, 3.05) is 5.32 Å². The van der Waals surface area contributed by atoms with Crippen molar-refractivity contribution in [1.82, 2.24) is 9.97 Å². The van der Waals surface area contributed by atoms with Crippen LogP contribution in [0.1, 0.15) is 20.8 Å². The van der Waals surface area contributed by atoms with E-state index in [0.717, 1.165) is 16.9 Å². The van der Waals surface area contributed by atoms with E-state index >= 15 is 0 Å². The Morgan fingerprint density at radius 2 is 1.65 bits per heavy atom. The van der Waals surface area contributed by atoms with Gasteiger partial charge in [0.05, 0.1) is 27.3 Å².